The summed E-state index contributed by atoms with van der Waals surface area (Å²) in [6.07, 6.45) is 1.39. The number of carboxylic acids is 1. The average molecular weight is 272 g/mol. The first-order chi connectivity index (χ1) is 8.97. The lowest BCUT2D eigenvalue weighted by Crippen LogP contribution is -2.55. The van der Waals surface area contributed by atoms with Crippen LogP contribution in [0.2, 0.25) is 0 Å². The fraction of sp³-hybridized carbons (Fsp3) is 0.833. The summed E-state index contributed by atoms with van der Waals surface area (Å²) in [5.41, 5.74) is 2.81. The molecule has 0 aromatic rings. The predicted molar refractivity (Wildman–Crippen MR) is 71.7 cm³/mol. The van der Waals surface area contributed by atoms with Gasteiger partial charge in [-0.1, -0.05) is 0 Å². The number of amides is 2. The maximum absolute atomic E-state index is 11.7. The number of hydrazine groups is 1. The van der Waals surface area contributed by atoms with E-state index in [0.717, 1.165) is 26.2 Å². The van der Waals surface area contributed by atoms with Gasteiger partial charge in [-0.25, -0.2) is 9.80 Å². The van der Waals surface area contributed by atoms with E-state index in [0.29, 0.717) is 12.8 Å². The highest BCUT2D eigenvalue weighted by Crippen LogP contribution is 2.01. The van der Waals surface area contributed by atoms with Crippen LogP contribution < -0.4 is 10.7 Å². The van der Waals surface area contributed by atoms with E-state index in [1.165, 1.54) is 0 Å². The maximum atomic E-state index is 11.7. The van der Waals surface area contributed by atoms with E-state index >= 15 is 0 Å². The first-order valence-electron chi connectivity index (χ1n) is 6.70. The van der Waals surface area contributed by atoms with Crippen LogP contribution >= 0.6 is 0 Å². The molecular weight excluding hydrogens is 248 g/mol. The van der Waals surface area contributed by atoms with E-state index in [2.05, 4.69) is 22.7 Å². The number of nitrogens with zero attached hydrogens (tertiary/aromatic N) is 2. The van der Waals surface area contributed by atoms with Crippen molar-refractivity contribution >= 4 is 12.0 Å². The summed E-state index contributed by atoms with van der Waals surface area (Å²) in [6.45, 7) is 5.39. The molecule has 1 unspecified atom stereocenters. The summed E-state index contributed by atoms with van der Waals surface area (Å²) in [5, 5.41) is 13.3. The van der Waals surface area contributed by atoms with E-state index < -0.39 is 5.97 Å². The Morgan fingerprint density at radius 3 is 2.47 bits per heavy atom. The van der Waals surface area contributed by atoms with Gasteiger partial charge < -0.3 is 15.3 Å². The van der Waals surface area contributed by atoms with Crippen LogP contribution in [-0.4, -0.2) is 66.3 Å². The average Bonchev–Trinajstić information content (AvgIpc) is 2.31. The van der Waals surface area contributed by atoms with Gasteiger partial charge in [-0.05, 0) is 26.8 Å². The van der Waals surface area contributed by atoms with Gasteiger partial charge in [-0.2, -0.15) is 0 Å². The summed E-state index contributed by atoms with van der Waals surface area (Å²) in [6, 6.07) is -0.237. The van der Waals surface area contributed by atoms with Gasteiger partial charge in [0.05, 0.1) is 0 Å². The summed E-state index contributed by atoms with van der Waals surface area (Å²) in [4.78, 5) is 24.3. The second kappa shape index (κ2) is 7.96. The van der Waals surface area contributed by atoms with E-state index in [4.69, 9.17) is 5.11 Å². The lowest BCUT2D eigenvalue weighted by atomic mass is 10.1. The van der Waals surface area contributed by atoms with Crippen molar-refractivity contribution in [1.82, 2.24) is 20.7 Å². The zero-order valence-corrected chi connectivity index (χ0v) is 11.7. The molecule has 1 aliphatic heterocycles. The molecule has 0 aromatic heterocycles. The van der Waals surface area contributed by atoms with Crippen molar-refractivity contribution < 1.29 is 14.7 Å². The van der Waals surface area contributed by atoms with Crippen molar-refractivity contribution in [1.29, 1.82) is 0 Å². The number of carboxylic acid groups (broad SMARTS) is 1. The molecule has 0 radical (unpaired) electrons. The smallest absolute Gasteiger partial charge is 0.329 e. The molecule has 1 saturated heterocycles. The fourth-order valence-electron chi connectivity index (χ4n) is 1.95. The van der Waals surface area contributed by atoms with Crippen molar-refractivity contribution in [3.05, 3.63) is 0 Å². The SMILES string of the molecule is CC(CCCC(=O)O)NC(=O)NN1CCN(C)CC1. The van der Waals surface area contributed by atoms with Crippen LogP contribution in [-0.2, 0) is 4.79 Å². The molecule has 3 N–H and O–H groups in total. The number of aliphatic carboxylic acids is 1. The Bertz CT molecular complexity index is 303. The van der Waals surface area contributed by atoms with Gasteiger partial charge in [0.2, 0.25) is 0 Å². The van der Waals surface area contributed by atoms with Crippen molar-refractivity contribution in [3.63, 3.8) is 0 Å². The number of nitrogens with one attached hydrogen (secondary N) is 2. The van der Waals surface area contributed by atoms with Gasteiger partial charge in [-0.15, -0.1) is 0 Å². The van der Waals surface area contributed by atoms with Crippen molar-refractivity contribution in [2.75, 3.05) is 33.2 Å². The minimum Gasteiger partial charge on any atom is -0.481 e. The zero-order valence-electron chi connectivity index (χ0n) is 11.7. The fourth-order valence-corrected chi connectivity index (χ4v) is 1.95. The number of piperazine rings is 1. The van der Waals surface area contributed by atoms with Gasteiger partial charge >= 0.3 is 12.0 Å². The summed E-state index contributed by atoms with van der Waals surface area (Å²) in [7, 11) is 2.06. The van der Waals surface area contributed by atoms with Gasteiger partial charge in [0.1, 0.15) is 0 Å². The summed E-state index contributed by atoms with van der Waals surface area (Å²) < 4.78 is 0. The third-order valence-corrected chi connectivity index (χ3v) is 3.17. The highest BCUT2D eigenvalue weighted by atomic mass is 16.4. The Morgan fingerprint density at radius 2 is 1.89 bits per heavy atom. The quantitative estimate of drug-likeness (QED) is 0.638. The molecule has 0 bridgehead atoms. The van der Waals surface area contributed by atoms with Crippen LogP contribution in [0.25, 0.3) is 0 Å². The van der Waals surface area contributed by atoms with Crippen LogP contribution in [0.3, 0.4) is 0 Å². The van der Waals surface area contributed by atoms with E-state index in [1.807, 2.05) is 11.9 Å². The Hall–Kier alpha value is -1.34. The minimum absolute atomic E-state index is 0.0215. The highest BCUT2D eigenvalue weighted by Gasteiger charge is 2.16. The second-order valence-electron chi connectivity index (χ2n) is 5.06. The molecule has 1 fully saturated rings. The highest BCUT2D eigenvalue weighted by molar-refractivity contribution is 5.73. The lowest BCUT2D eigenvalue weighted by molar-refractivity contribution is -0.137. The molecule has 1 aliphatic rings. The third-order valence-electron chi connectivity index (χ3n) is 3.17. The normalized spacial score (nSPS) is 18.8. The molecule has 110 valence electrons. The molecule has 1 atom stereocenters. The zero-order chi connectivity index (χ0) is 14.3. The number of carbonyl (C=O) groups excluding carboxylic acids is 1. The summed E-state index contributed by atoms with van der Waals surface area (Å²) >= 11 is 0. The number of urea groups is 1. The molecule has 0 aliphatic carbocycles. The molecule has 7 heteroatoms. The predicted octanol–water partition coefficient (Wildman–Crippen LogP) is 0.0914. The Kier molecular flexibility index (Phi) is 6.58. The minimum atomic E-state index is -0.797. The molecule has 0 saturated carbocycles. The van der Waals surface area contributed by atoms with E-state index in [-0.39, 0.29) is 18.5 Å². The molecule has 0 spiro atoms. The molecule has 2 amide bonds. The number of hydrogen-bond donors (Lipinski definition) is 3. The van der Waals surface area contributed by atoms with Crippen LogP contribution in [0, 0.1) is 0 Å². The number of likely N-dealkylation sites (N-methyl/N-ethyl adjacent to an activating group) is 1. The second-order valence-corrected chi connectivity index (χ2v) is 5.06. The number of rotatable bonds is 6. The lowest BCUT2D eigenvalue weighted by Gasteiger charge is -2.32. The Balaban J connectivity index is 2.14. The van der Waals surface area contributed by atoms with E-state index in [9.17, 15) is 9.59 Å². The van der Waals surface area contributed by atoms with Crippen LogP contribution in [0.15, 0.2) is 0 Å². The Labute approximate surface area is 113 Å². The number of hydrogen-bond acceptors (Lipinski definition) is 4. The topological polar surface area (TPSA) is 84.9 Å². The van der Waals surface area contributed by atoms with Gasteiger partial charge in [0.25, 0.3) is 0 Å². The van der Waals surface area contributed by atoms with Crippen LogP contribution in [0.1, 0.15) is 26.2 Å². The van der Waals surface area contributed by atoms with Crippen molar-refractivity contribution in [2.24, 2.45) is 0 Å². The molecule has 19 heavy (non-hydrogen) atoms. The van der Waals surface area contributed by atoms with E-state index in [1.54, 1.807) is 0 Å². The standard InChI is InChI=1S/C12H24N4O3/c1-10(4-3-5-11(17)18)13-12(19)14-16-8-6-15(2)7-9-16/h10H,3-9H2,1-2H3,(H,17,18)(H2,13,14,19). The summed E-state index contributed by atoms with van der Waals surface area (Å²) in [5.74, 6) is -0.797. The molecule has 1 heterocycles. The number of carbonyl (C=O) groups is 2. The van der Waals surface area contributed by atoms with Crippen molar-refractivity contribution in [2.45, 2.75) is 32.2 Å². The van der Waals surface area contributed by atoms with Crippen LogP contribution in [0.5, 0.6) is 0 Å². The maximum Gasteiger partial charge on any atom is 0.329 e. The first kappa shape index (κ1) is 15.7. The molecule has 7 nitrogen and oxygen atoms in total. The third kappa shape index (κ3) is 6.97. The van der Waals surface area contributed by atoms with Gasteiger partial charge in [0, 0.05) is 38.6 Å². The molecular formula is C12H24N4O3. The molecule has 1 rings (SSSR count). The Morgan fingerprint density at radius 1 is 1.26 bits per heavy atom. The van der Waals surface area contributed by atoms with Crippen molar-refractivity contribution in [3.8, 4) is 0 Å². The van der Waals surface area contributed by atoms with Crippen LogP contribution in [0.4, 0.5) is 4.79 Å². The molecule has 0 aromatic carbocycles. The first-order valence-corrected chi connectivity index (χ1v) is 6.70. The van der Waals surface area contributed by atoms with Gasteiger partial charge in [-0.3, -0.25) is 10.2 Å². The monoisotopic (exact) mass is 272 g/mol. The largest absolute Gasteiger partial charge is 0.481 e. The van der Waals surface area contributed by atoms with Gasteiger partial charge in [0.15, 0.2) is 0 Å².